The molecular weight excluding hydrogens is 493 g/mol. The predicted molar refractivity (Wildman–Crippen MR) is 143 cm³/mol. The number of carbonyl (C=O) groups is 2. The quantitative estimate of drug-likeness (QED) is 0.312. The van der Waals surface area contributed by atoms with Crippen LogP contribution in [0.5, 0.6) is 0 Å². The van der Waals surface area contributed by atoms with E-state index in [4.69, 9.17) is 5.10 Å². The lowest BCUT2D eigenvalue weighted by Crippen LogP contribution is -2.39. The summed E-state index contributed by atoms with van der Waals surface area (Å²) in [6.07, 6.45) is -2.05. The zero-order chi connectivity index (χ0) is 28.1. The van der Waals surface area contributed by atoms with Crippen LogP contribution >= 0.6 is 0 Å². The number of nitrogens with zero attached hydrogens (tertiary/aromatic N) is 3. The van der Waals surface area contributed by atoms with Gasteiger partial charge in [-0.25, -0.2) is 4.68 Å². The van der Waals surface area contributed by atoms with E-state index in [-0.39, 0.29) is 17.5 Å². The predicted octanol–water partition coefficient (Wildman–Crippen LogP) is 6.77. The second-order valence-corrected chi connectivity index (χ2v) is 10.4. The maximum atomic E-state index is 13.2. The topological polar surface area (TPSA) is 67.2 Å². The molecule has 3 rings (SSSR count). The molecule has 0 radical (unpaired) electrons. The lowest BCUT2D eigenvalue weighted by Gasteiger charge is -2.23. The Morgan fingerprint density at radius 3 is 2.24 bits per heavy atom. The number of para-hydroxylation sites is 1. The van der Waals surface area contributed by atoms with Crippen LogP contribution < -0.4 is 5.32 Å². The van der Waals surface area contributed by atoms with Gasteiger partial charge in [-0.3, -0.25) is 9.59 Å². The van der Waals surface area contributed by atoms with Gasteiger partial charge >= 0.3 is 6.18 Å². The van der Waals surface area contributed by atoms with Crippen LogP contribution in [0.3, 0.4) is 0 Å². The third-order valence-electron chi connectivity index (χ3n) is 6.20. The number of aromatic nitrogens is 2. The van der Waals surface area contributed by atoms with E-state index >= 15 is 0 Å². The van der Waals surface area contributed by atoms with Gasteiger partial charge in [-0.1, -0.05) is 58.7 Å². The minimum Gasteiger partial charge on any atom is -0.329 e. The Balaban J connectivity index is 1.86. The molecule has 2 amide bonds. The monoisotopic (exact) mass is 528 g/mol. The number of halogens is 3. The fraction of sp³-hybridized carbons (Fsp3) is 0.414. The van der Waals surface area contributed by atoms with Crippen LogP contribution in [0.4, 0.5) is 19.0 Å². The van der Waals surface area contributed by atoms with Crippen LogP contribution in [0.15, 0.2) is 54.6 Å². The molecule has 0 saturated heterocycles. The Morgan fingerprint density at radius 1 is 1.00 bits per heavy atom. The first-order chi connectivity index (χ1) is 17.8. The largest absolute Gasteiger partial charge is 0.416 e. The van der Waals surface area contributed by atoms with Crippen LogP contribution in [0.25, 0.3) is 5.69 Å². The van der Waals surface area contributed by atoms with E-state index in [1.54, 1.807) is 4.68 Å². The van der Waals surface area contributed by atoms with E-state index in [2.05, 4.69) is 5.32 Å². The second-order valence-electron chi connectivity index (χ2n) is 10.4. The van der Waals surface area contributed by atoms with Crippen LogP contribution in [0, 0.1) is 6.92 Å². The van der Waals surface area contributed by atoms with Crippen LogP contribution in [-0.2, 0) is 16.4 Å². The van der Waals surface area contributed by atoms with Gasteiger partial charge in [0, 0.05) is 23.6 Å². The molecule has 0 aliphatic carbocycles. The molecule has 9 heteroatoms. The van der Waals surface area contributed by atoms with Gasteiger partial charge < -0.3 is 10.2 Å². The highest BCUT2D eigenvalue weighted by atomic mass is 19.4. The summed E-state index contributed by atoms with van der Waals surface area (Å²) in [7, 11) is 0. The minimum atomic E-state index is -4.49. The first-order valence-electron chi connectivity index (χ1n) is 12.7. The molecular formula is C29H35F3N4O2. The van der Waals surface area contributed by atoms with Gasteiger partial charge in [-0.05, 0) is 49.2 Å². The highest BCUT2D eigenvalue weighted by molar-refractivity contribution is 5.99. The van der Waals surface area contributed by atoms with E-state index < -0.39 is 23.6 Å². The lowest BCUT2D eigenvalue weighted by molar-refractivity contribution is -0.137. The molecule has 2 aromatic carbocycles. The molecule has 0 saturated carbocycles. The standard InChI is InChI=1S/C29H35F3N4O2/c1-6-7-10-17-35(27(38)21-13-15-22(16-14-21)29(30,31)32)19-26(37)33-25-18-24(28(3,4)5)34-36(25)23-12-9-8-11-20(23)2/h8-9,11-16,18H,6-7,10,17,19H2,1-5H3,(H,33,37). The number of unbranched alkanes of at least 4 members (excludes halogenated alkanes) is 2. The number of carbonyl (C=O) groups excluding carboxylic acids is 2. The summed E-state index contributed by atoms with van der Waals surface area (Å²) >= 11 is 0. The summed E-state index contributed by atoms with van der Waals surface area (Å²) < 4.78 is 40.6. The van der Waals surface area contributed by atoms with Crippen molar-refractivity contribution in [2.75, 3.05) is 18.4 Å². The average molecular weight is 529 g/mol. The smallest absolute Gasteiger partial charge is 0.329 e. The molecule has 1 N–H and O–H groups in total. The SMILES string of the molecule is CCCCCN(CC(=O)Nc1cc(C(C)(C)C)nn1-c1ccccc1C)C(=O)c1ccc(C(F)(F)F)cc1. The Bertz CT molecular complexity index is 1260. The number of alkyl halides is 3. The van der Waals surface area contributed by atoms with Crippen LogP contribution in [0.2, 0.25) is 0 Å². The molecule has 0 aliphatic rings. The van der Waals surface area contributed by atoms with E-state index in [1.807, 2.05) is 65.0 Å². The molecule has 0 unspecified atom stereocenters. The number of aryl methyl sites for hydroxylation is 1. The summed E-state index contributed by atoms with van der Waals surface area (Å²) in [6, 6.07) is 13.6. The zero-order valence-electron chi connectivity index (χ0n) is 22.5. The number of benzene rings is 2. The molecule has 1 aromatic heterocycles. The Labute approximate surface area is 221 Å². The number of amides is 2. The summed E-state index contributed by atoms with van der Waals surface area (Å²) in [6.45, 7) is 10.1. The molecule has 6 nitrogen and oxygen atoms in total. The van der Waals surface area contributed by atoms with Gasteiger partial charge in [-0.15, -0.1) is 0 Å². The molecule has 3 aromatic rings. The normalized spacial score (nSPS) is 11.9. The molecule has 0 spiro atoms. The van der Waals surface area contributed by atoms with Gasteiger partial charge in [0.2, 0.25) is 5.91 Å². The van der Waals surface area contributed by atoms with Gasteiger partial charge in [0.15, 0.2) is 0 Å². The van der Waals surface area contributed by atoms with E-state index in [1.165, 1.54) is 4.90 Å². The Hall–Kier alpha value is -3.62. The third-order valence-corrected chi connectivity index (χ3v) is 6.20. The Kier molecular flexibility index (Phi) is 9.01. The van der Waals surface area contributed by atoms with Crippen molar-refractivity contribution in [1.29, 1.82) is 0 Å². The number of hydrogen-bond acceptors (Lipinski definition) is 3. The minimum absolute atomic E-state index is 0.0993. The van der Waals surface area contributed by atoms with Gasteiger partial charge in [0.25, 0.3) is 5.91 Å². The van der Waals surface area contributed by atoms with Crippen molar-refractivity contribution in [3.8, 4) is 5.69 Å². The zero-order valence-corrected chi connectivity index (χ0v) is 22.5. The summed E-state index contributed by atoms with van der Waals surface area (Å²) in [4.78, 5) is 27.8. The second kappa shape index (κ2) is 11.8. The molecule has 0 bridgehead atoms. The number of rotatable bonds is 9. The molecule has 38 heavy (non-hydrogen) atoms. The Morgan fingerprint density at radius 2 is 1.66 bits per heavy atom. The van der Waals surface area contributed by atoms with E-state index in [0.29, 0.717) is 18.8 Å². The van der Waals surface area contributed by atoms with E-state index in [0.717, 1.165) is 54.1 Å². The summed E-state index contributed by atoms with van der Waals surface area (Å²) in [5.41, 5.74) is 1.59. The van der Waals surface area contributed by atoms with Crippen molar-refractivity contribution in [3.05, 3.63) is 77.0 Å². The maximum absolute atomic E-state index is 13.2. The van der Waals surface area contributed by atoms with Crippen molar-refractivity contribution < 1.29 is 22.8 Å². The van der Waals surface area contributed by atoms with Crippen molar-refractivity contribution >= 4 is 17.6 Å². The summed E-state index contributed by atoms with van der Waals surface area (Å²) in [5.74, 6) is -0.436. The third kappa shape index (κ3) is 7.24. The van der Waals surface area contributed by atoms with Crippen LogP contribution in [-0.4, -0.2) is 39.6 Å². The van der Waals surface area contributed by atoms with Gasteiger partial charge in [0.05, 0.1) is 16.9 Å². The number of hydrogen-bond donors (Lipinski definition) is 1. The van der Waals surface area contributed by atoms with Crippen molar-refractivity contribution in [1.82, 2.24) is 14.7 Å². The van der Waals surface area contributed by atoms with Gasteiger partial charge in [0.1, 0.15) is 12.4 Å². The molecule has 0 aliphatic heterocycles. The summed E-state index contributed by atoms with van der Waals surface area (Å²) in [5, 5.41) is 7.65. The maximum Gasteiger partial charge on any atom is 0.416 e. The fourth-order valence-electron chi connectivity index (χ4n) is 3.97. The lowest BCUT2D eigenvalue weighted by atomic mass is 9.92. The van der Waals surface area contributed by atoms with E-state index in [9.17, 15) is 22.8 Å². The first-order valence-corrected chi connectivity index (χ1v) is 12.7. The van der Waals surface area contributed by atoms with Gasteiger partial charge in [-0.2, -0.15) is 18.3 Å². The molecule has 1 heterocycles. The molecule has 0 atom stereocenters. The highest BCUT2D eigenvalue weighted by Gasteiger charge is 2.30. The highest BCUT2D eigenvalue weighted by Crippen LogP contribution is 2.30. The van der Waals surface area contributed by atoms with Crippen molar-refractivity contribution in [2.45, 2.75) is 65.5 Å². The van der Waals surface area contributed by atoms with Crippen LogP contribution in [0.1, 0.15) is 74.1 Å². The molecule has 0 fully saturated rings. The molecule has 204 valence electrons. The number of nitrogens with one attached hydrogen (secondary N) is 1. The van der Waals surface area contributed by atoms with Crippen molar-refractivity contribution in [3.63, 3.8) is 0 Å². The average Bonchev–Trinajstić information content (AvgIpc) is 3.27. The fourth-order valence-corrected chi connectivity index (χ4v) is 3.97. The van der Waals surface area contributed by atoms with Crippen molar-refractivity contribution in [2.24, 2.45) is 0 Å². The number of anilines is 1. The first kappa shape index (κ1) is 28.9.